The van der Waals surface area contributed by atoms with Gasteiger partial charge in [-0.2, -0.15) is 0 Å². The van der Waals surface area contributed by atoms with E-state index in [1.807, 2.05) is 0 Å². The van der Waals surface area contributed by atoms with Gasteiger partial charge in [0.1, 0.15) is 0 Å². The number of hydrogen-bond donors (Lipinski definition) is 1. The number of hydrogen-bond acceptors (Lipinski definition) is 3. The Bertz CT molecular complexity index is 392. The van der Waals surface area contributed by atoms with Crippen molar-refractivity contribution >= 4 is 0 Å². The van der Waals surface area contributed by atoms with Crippen LogP contribution in [0.4, 0.5) is 0 Å². The molecule has 0 aromatic heterocycles. The van der Waals surface area contributed by atoms with Crippen molar-refractivity contribution in [2.45, 2.75) is 38.9 Å². The molecule has 19 heavy (non-hydrogen) atoms. The predicted octanol–water partition coefficient (Wildman–Crippen LogP) is 2.06. The van der Waals surface area contributed by atoms with E-state index in [-0.39, 0.29) is 0 Å². The number of rotatable bonds is 6. The Balaban J connectivity index is 1.99. The fourth-order valence-corrected chi connectivity index (χ4v) is 2.69. The maximum atomic E-state index is 5.40. The number of methoxy groups -OCH3 is 1. The van der Waals surface area contributed by atoms with E-state index in [1.165, 1.54) is 11.1 Å². The van der Waals surface area contributed by atoms with Crippen LogP contribution in [0.15, 0.2) is 24.3 Å². The van der Waals surface area contributed by atoms with Gasteiger partial charge in [-0.25, -0.2) is 0 Å². The summed E-state index contributed by atoms with van der Waals surface area (Å²) in [7, 11) is 1.79. The topological polar surface area (TPSA) is 24.5 Å². The lowest BCUT2D eigenvalue weighted by atomic mass is 9.98. The molecule has 0 saturated heterocycles. The summed E-state index contributed by atoms with van der Waals surface area (Å²) < 4.78 is 5.40. The smallest absolute Gasteiger partial charge is 0.0630 e. The standard InChI is InChI=1S/C16H26N2O/c1-13(2)17-10-16(12-19-3)18-9-8-14-6-4-5-7-15(14)11-18/h4-7,13,16-17H,8-12H2,1-3H3. The van der Waals surface area contributed by atoms with Crippen LogP contribution in [0.2, 0.25) is 0 Å². The minimum atomic E-state index is 0.459. The summed E-state index contributed by atoms with van der Waals surface area (Å²) in [6.45, 7) is 8.34. The van der Waals surface area contributed by atoms with Gasteiger partial charge < -0.3 is 10.1 Å². The maximum absolute atomic E-state index is 5.40. The Morgan fingerprint density at radius 2 is 2.00 bits per heavy atom. The molecule has 106 valence electrons. The molecule has 1 unspecified atom stereocenters. The first-order valence-corrected chi connectivity index (χ1v) is 7.24. The molecule has 1 atom stereocenters. The first-order chi connectivity index (χ1) is 9.20. The van der Waals surface area contributed by atoms with Crippen LogP contribution in [-0.2, 0) is 17.7 Å². The Morgan fingerprint density at radius 1 is 1.26 bits per heavy atom. The molecule has 1 aromatic carbocycles. The van der Waals surface area contributed by atoms with Gasteiger partial charge in [-0.1, -0.05) is 38.1 Å². The van der Waals surface area contributed by atoms with Gasteiger partial charge in [-0.05, 0) is 17.5 Å². The third-order valence-corrected chi connectivity index (χ3v) is 3.80. The van der Waals surface area contributed by atoms with Gasteiger partial charge in [0.15, 0.2) is 0 Å². The van der Waals surface area contributed by atoms with E-state index in [4.69, 9.17) is 4.74 Å². The average Bonchev–Trinajstić information content (AvgIpc) is 2.42. The second kappa shape index (κ2) is 7.04. The van der Waals surface area contributed by atoms with Gasteiger partial charge in [0.05, 0.1) is 6.61 Å². The molecule has 0 radical (unpaired) electrons. The average molecular weight is 262 g/mol. The van der Waals surface area contributed by atoms with Gasteiger partial charge in [0.25, 0.3) is 0 Å². The summed E-state index contributed by atoms with van der Waals surface area (Å²) >= 11 is 0. The quantitative estimate of drug-likeness (QED) is 0.849. The zero-order chi connectivity index (χ0) is 13.7. The third kappa shape index (κ3) is 4.03. The molecule has 0 amide bonds. The largest absolute Gasteiger partial charge is 0.383 e. The highest BCUT2D eigenvalue weighted by atomic mass is 16.5. The van der Waals surface area contributed by atoms with Crippen molar-refractivity contribution in [1.29, 1.82) is 0 Å². The minimum Gasteiger partial charge on any atom is -0.383 e. The molecule has 0 bridgehead atoms. The van der Waals surface area contributed by atoms with Crippen LogP contribution in [0.1, 0.15) is 25.0 Å². The van der Waals surface area contributed by atoms with Crippen molar-refractivity contribution in [3.63, 3.8) is 0 Å². The summed E-state index contributed by atoms with van der Waals surface area (Å²) in [5.74, 6) is 0. The van der Waals surface area contributed by atoms with Crippen molar-refractivity contribution in [3.05, 3.63) is 35.4 Å². The van der Waals surface area contributed by atoms with Crippen LogP contribution in [0.25, 0.3) is 0 Å². The number of nitrogens with one attached hydrogen (secondary N) is 1. The Morgan fingerprint density at radius 3 is 2.68 bits per heavy atom. The van der Waals surface area contributed by atoms with Crippen LogP contribution >= 0.6 is 0 Å². The van der Waals surface area contributed by atoms with Crippen LogP contribution in [0, 0.1) is 0 Å². The zero-order valence-electron chi connectivity index (χ0n) is 12.4. The number of benzene rings is 1. The molecule has 1 aromatic rings. The van der Waals surface area contributed by atoms with E-state index in [9.17, 15) is 0 Å². The highest BCUT2D eigenvalue weighted by molar-refractivity contribution is 5.29. The number of nitrogens with zero attached hydrogens (tertiary/aromatic N) is 1. The molecule has 0 spiro atoms. The first kappa shape index (κ1) is 14.5. The SMILES string of the molecule is COCC(CNC(C)C)N1CCc2ccccc2C1. The fraction of sp³-hybridized carbons (Fsp3) is 0.625. The summed E-state index contributed by atoms with van der Waals surface area (Å²) in [5.41, 5.74) is 2.98. The summed E-state index contributed by atoms with van der Waals surface area (Å²) in [6, 6.07) is 9.77. The summed E-state index contributed by atoms with van der Waals surface area (Å²) in [5, 5.41) is 3.53. The fourth-order valence-electron chi connectivity index (χ4n) is 2.69. The highest BCUT2D eigenvalue weighted by Crippen LogP contribution is 2.20. The number of fused-ring (bicyclic) bond motifs is 1. The molecule has 3 heteroatoms. The van der Waals surface area contributed by atoms with Crippen LogP contribution in [-0.4, -0.2) is 43.8 Å². The van der Waals surface area contributed by atoms with Crippen LogP contribution in [0.3, 0.4) is 0 Å². The molecule has 1 heterocycles. The zero-order valence-corrected chi connectivity index (χ0v) is 12.4. The van der Waals surface area contributed by atoms with Crippen molar-refractivity contribution in [2.24, 2.45) is 0 Å². The molecule has 2 rings (SSSR count). The predicted molar refractivity (Wildman–Crippen MR) is 79.4 cm³/mol. The van der Waals surface area contributed by atoms with Gasteiger partial charge in [0.2, 0.25) is 0 Å². The van der Waals surface area contributed by atoms with E-state index in [1.54, 1.807) is 7.11 Å². The highest BCUT2D eigenvalue weighted by Gasteiger charge is 2.23. The third-order valence-electron chi connectivity index (χ3n) is 3.80. The second-order valence-electron chi connectivity index (χ2n) is 5.66. The van der Waals surface area contributed by atoms with Gasteiger partial charge in [-0.3, -0.25) is 4.90 Å². The lowest BCUT2D eigenvalue weighted by molar-refractivity contribution is 0.0796. The Kier molecular flexibility index (Phi) is 5.37. The second-order valence-corrected chi connectivity index (χ2v) is 5.66. The van der Waals surface area contributed by atoms with Gasteiger partial charge in [-0.15, -0.1) is 0 Å². The summed E-state index contributed by atoms with van der Waals surface area (Å²) in [4.78, 5) is 2.54. The minimum absolute atomic E-state index is 0.459. The molecule has 1 N–H and O–H groups in total. The molecule has 1 aliphatic heterocycles. The summed E-state index contributed by atoms with van der Waals surface area (Å²) in [6.07, 6.45) is 1.15. The van der Waals surface area contributed by atoms with Crippen molar-refractivity contribution in [1.82, 2.24) is 10.2 Å². The van der Waals surface area contributed by atoms with E-state index < -0.39 is 0 Å². The van der Waals surface area contributed by atoms with Gasteiger partial charge in [0, 0.05) is 38.8 Å². The van der Waals surface area contributed by atoms with Crippen LogP contribution < -0.4 is 5.32 Å². The van der Waals surface area contributed by atoms with Crippen molar-refractivity contribution < 1.29 is 4.74 Å². The molecule has 0 saturated carbocycles. The Hall–Kier alpha value is -0.900. The van der Waals surface area contributed by atoms with E-state index in [0.29, 0.717) is 12.1 Å². The normalized spacial score (nSPS) is 17.5. The molecule has 0 aliphatic carbocycles. The van der Waals surface area contributed by atoms with Crippen LogP contribution in [0.5, 0.6) is 0 Å². The molecule has 3 nitrogen and oxygen atoms in total. The molecule has 1 aliphatic rings. The molecule has 0 fully saturated rings. The lowest BCUT2D eigenvalue weighted by Gasteiger charge is -2.35. The molecular formula is C16H26N2O. The monoisotopic (exact) mass is 262 g/mol. The first-order valence-electron chi connectivity index (χ1n) is 7.24. The van der Waals surface area contributed by atoms with Crippen molar-refractivity contribution in [2.75, 3.05) is 26.8 Å². The van der Waals surface area contributed by atoms with E-state index in [0.717, 1.165) is 32.7 Å². The van der Waals surface area contributed by atoms with E-state index >= 15 is 0 Å². The number of ether oxygens (including phenoxy) is 1. The van der Waals surface area contributed by atoms with E-state index in [2.05, 4.69) is 48.3 Å². The van der Waals surface area contributed by atoms with Crippen molar-refractivity contribution in [3.8, 4) is 0 Å². The van der Waals surface area contributed by atoms with Gasteiger partial charge >= 0.3 is 0 Å². The molecular weight excluding hydrogens is 236 g/mol. The maximum Gasteiger partial charge on any atom is 0.0630 e. The lowest BCUT2D eigenvalue weighted by Crippen LogP contribution is -2.48. The Labute approximate surface area is 116 Å².